The molecule has 3 aromatic heterocycles. The standard InChI is InChI=1S/C34H22N2O.2C29H19NO/c1-2-8-23(9-3-1)24-14-20-27(21-15-24)34-35-33(36-37-34)26-18-16-25(17-19-26)32-30-12-6-4-10-28(30)22-29-11-5-7-13-31(29)32;1-2-8-22(9-3-1)29-30-27(19-31-29)20-14-16-21(17-15-20)28-25-12-6-4-10-23(25)18-24-11-5-7-13-26(24)28;1-2-8-20(9-3-1)27-19-30-29(31-27)22-16-14-21(15-17-22)28-25-12-6-4-10-23(25)18-24-11-5-7-13-26(24)28/h1-22H;2*1-19H. The average molecular weight is 1270 g/mol. The normalized spacial score (nSPS) is 11.2. The minimum atomic E-state index is 0.513. The van der Waals surface area contributed by atoms with Crippen LogP contribution < -0.4 is 0 Å². The van der Waals surface area contributed by atoms with Crippen molar-refractivity contribution in [1.82, 2.24) is 20.1 Å². The van der Waals surface area contributed by atoms with Crippen molar-refractivity contribution in [2.24, 2.45) is 0 Å². The maximum atomic E-state index is 6.03. The molecule has 0 spiro atoms. The summed E-state index contributed by atoms with van der Waals surface area (Å²) in [4.78, 5) is 13.9. The lowest BCUT2D eigenvalue weighted by atomic mass is 9.91. The summed E-state index contributed by atoms with van der Waals surface area (Å²) in [7, 11) is 0. The summed E-state index contributed by atoms with van der Waals surface area (Å²) < 4.78 is 17.4. The second-order valence-electron chi connectivity index (χ2n) is 24.5. The van der Waals surface area contributed by atoms with Gasteiger partial charge in [-0.05, 0) is 164 Å². The Labute approximate surface area is 571 Å². The third-order valence-electron chi connectivity index (χ3n) is 18.4. The van der Waals surface area contributed by atoms with E-state index in [0.717, 1.165) is 56.0 Å². The maximum absolute atomic E-state index is 6.03. The minimum Gasteiger partial charge on any atom is -0.444 e. The molecule has 0 atom stereocenters. The smallest absolute Gasteiger partial charge is 0.258 e. The molecule has 19 rings (SSSR count). The molecule has 0 aliphatic heterocycles. The molecule has 99 heavy (non-hydrogen) atoms. The Balaban J connectivity index is 0.000000112. The highest BCUT2D eigenvalue weighted by atomic mass is 16.5. The fourth-order valence-corrected chi connectivity index (χ4v) is 13.5. The van der Waals surface area contributed by atoms with Gasteiger partial charge in [-0.1, -0.05) is 302 Å². The molecule has 0 amide bonds. The topological polar surface area (TPSA) is 91.0 Å². The van der Waals surface area contributed by atoms with Crippen LogP contribution >= 0.6 is 0 Å². The van der Waals surface area contributed by atoms with Gasteiger partial charge in [0.15, 0.2) is 5.76 Å². The van der Waals surface area contributed by atoms with E-state index in [1.165, 1.54) is 98.0 Å². The zero-order valence-corrected chi connectivity index (χ0v) is 53.7. The van der Waals surface area contributed by atoms with Gasteiger partial charge in [0.2, 0.25) is 17.6 Å². The van der Waals surface area contributed by atoms with Gasteiger partial charge in [-0.3, -0.25) is 0 Å². The van der Waals surface area contributed by atoms with E-state index in [4.69, 9.17) is 13.4 Å². The zero-order chi connectivity index (χ0) is 65.9. The van der Waals surface area contributed by atoms with Gasteiger partial charge >= 0.3 is 0 Å². The molecule has 3 heterocycles. The molecular formula is C92H60N4O3. The molecule has 0 aliphatic rings. The van der Waals surface area contributed by atoms with E-state index in [-0.39, 0.29) is 0 Å². The number of oxazole rings is 2. The van der Waals surface area contributed by atoms with Gasteiger partial charge in [-0.25, -0.2) is 9.97 Å². The highest BCUT2D eigenvalue weighted by molar-refractivity contribution is 6.15. The summed E-state index contributed by atoms with van der Waals surface area (Å²) in [6.45, 7) is 0. The van der Waals surface area contributed by atoms with Crippen LogP contribution in [0, 0.1) is 0 Å². The summed E-state index contributed by atoms with van der Waals surface area (Å²) in [5.41, 5.74) is 16.3. The zero-order valence-electron chi connectivity index (χ0n) is 53.7. The molecule has 0 bridgehead atoms. The number of rotatable bonds is 10. The number of hydrogen-bond acceptors (Lipinski definition) is 7. The molecule has 19 aromatic rings. The largest absolute Gasteiger partial charge is 0.444 e. The molecule has 0 unspecified atom stereocenters. The first-order valence-electron chi connectivity index (χ1n) is 33.1. The Kier molecular flexibility index (Phi) is 15.9. The van der Waals surface area contributed by atoms with Gasteiger partial charge in [0, 0.05) is 33.4 Å². The SMILES string of the molecule is c1ccc(-c2ccc(-c3nc(-c4ccc(-c5c6ccccc6cc6ccccc56)cc4)no3)cc2)cc1.c1ccc(-c2cnc(-c3ccc(-c4c5ccccc5cc5ccccc45)cc3)o2)cc1.c1ccc(-c2nc(-c3ccc(-c4c5ccccc5cc5ccccc45)cc3)co2)cc1. The van der Waals surface area contributed by atoms with E-state index in [9.17, 15) is 0 Å². The fraction of sp³-hybridized carbons (Fsp3) is 0. The van der Waals surface area contributed by atoms with Crippen LogP contribution in [0.4, 0.5) is 0 Å². The van der Waals surface area contributed by atoms with Crippen LogP contribution in [0.3, 0.4) is 0 Å². The molecule has 466 valence electrons. The summed E-state index contributed by atoms with van der Waals surface area (Å²) in [5, 5.41) is 19.3. The second-order valence-corrected chi connectivity index (χ2v) is 24.5. The number of nitrogens with zero attached hydrogens (tertiary/aromatic N) is 4. The predicted molar refractivity (Wildman–Crippen MR) is 407 cm³/mol. The first-order chi connectivity index (χ1) is 49.1. The van der Waals surface area contributed by atoms with Gasteiger partial charge < -0.3 is 13.4 Å². The van der Waals surface area contributed by atoms with Crippen LogP contribution in [0.25, 0.3) is 177 Å². The Bertz CT molecular complexity index is 5670. The summed E-state index contributed by atoms with van der Waals surface area (Å²) in [5.74, 6) is 3.14. The van der Waals surface area contributed by atoms with E-state index in [0.29, 0.717) is 23.5 Å². The van der Waals surface area contributed by atoms with E-state index in [1.807, 2.05) is 91.0 Å². The van der Waals surface area contributed by atoms with E-state index < -0.39 is 0 Å². The monoisotopic (exact) mass is 1270 g/mol. The molecule has 0 radical (unpaired) electrons. The van der Waals surface area contributed by atoms with Crippen molar-refractivity contribution < 1.29 is 13.4 Å². The third-order valence-corrected chi connectivity index (χ3v) is 18.4. The highest BCUT2D eigenvalue weighted by Crippen LogP contribution is 2.41. The van der Waals surface area contributed by atoms with Gasteiger partial charge in [0.05, 0.1) is 6.20 Å². The molecule has 7 nitrogen and oxygen atoms in total. The number of hydrogen-bond donors (Lipinski definition) is 0. The summed E-state index contributed by atoms with van der Waals surface area (Å²) in [6, 6.07) is 122. The molecular weight excluding hydrogens is 1210 g/mol. The third kappa shape index (κ3) is 12.0. The average Bonchev–Trinajstić information content (AvgIpc) is 1.25. The molecule has 0 saturated heterocycles. The Morgan fingerprint density at radius 1 is 0.232 bits per heavy atom. The fourth-order valence-electron chi connectivity index (χ4n) is 13.5. The van der Waals surface area contributed by atoms with Crippen molar-refractivity contribution in [3.8, 4) is 113 Å². The lowest BCUT2D eigenvalue weighted by molar-refractivity contribution is 0.432. The first kappa shape index (κ1) is 59.4. The van der Waals surface area contributed by atoms with E-state index in [1.54, 1.807) is 12.5 Å². The van der Waals surface area contributed by atoms with Crippen LogP contribution in [0.2, 0.25) is 0 Å². The molecule has 0 aliphatic carbocycles. The Hall–Kier alpha value is -13.4. The summed E-state index contributed by atoms with van der Waals surface area (Å²) >= 11 is 0. The Morgan fingerprint density at radius 2 is 0.545 bits per heavy atom. The van der Waals surface area contributed by atoms with Crippen LogP contribution in [0.15, 0.2) is 378 Å². The van der Waals surface area contributed by atoms with Gasteiger partial charge in [0.25, 0.3) is 5.89 Å². The lowest BCUT2D eigenvalue weighted by Gasteiger charge is -2.12. The summed E-state index contributed by atoms with van der Waals surface area (Å²) in [6.07, 6.45) is 3.52. The number of benzene rings is 16. The predicted octanol–water partition coefficient (Wildman–Crippen LogP) is 25.0. The van der Waals surface area contributed by atoms with Crippen molar-refractivity contribution in [2.45, 2.75) is 0 Å². The quantitative estimate of drug-likeness (QED) is 0.126. The number of fused-ring (bicyclic) bond motifs is 6. The Morgan fingerprint density at radius 3 is 0.970 bits per heavy atom. The van der Waals surface area contributed by atoms with Gasteiger partial charge in [0.1, 0.15) is 12.0 Å². The number of aromatic nitrogens is 4. The van der Waals surface area contributed by atoms with Crippen molar-refractivity contribution in [2.75, 3.05) is 0 Å². The van der Waals surface area contributed by atoms with Crippen molar-refractivity contribution in [1.29, 1.82) is 0 Å². The van der Waals surface area contributed by atoms with Crippen LogP contribution in [0.1, 0.15) is 0 Å². The molecule has 0 N–H and O–H groups in total. The van der Waals surface area contributed by atoms with Crippen LogP contribution in [-0.2, 0) is 0 Å². The first-order valence-corrected chi connectivity index (χ1v) is 33.1. The highest BCUT2D eigenvalue weighted by Gasteiger charge is 2.18. The molecule has 0 saturated carbocycles. The van der Waals surface area contributed by atoms with E-state index in [2.05, 4.69) is 281 Å². The van der Waals surface area contributed by atoms with Crippen molar-refractivity contribution >= 4 is 64.6 Å². The van der Waals surface area contributed by atoms with Crippen LogP contribution in [0.5, 0.6) is 0 Å². The lowest BCUT2D eigenvalue weighted by Crippen LogP contribution is -1.87. The molecule has 7 heteroatoms. The van der Waals surface area contributed by atoms with E-state index >= 15 is 0 Å². The van der Waals surface area contributed by atoms with Gasteiger partial charge in [-0.2, -0.15) is 4.98 Å². The molecule has 0 fully saturated rings. The second kappa shape index (κ2) is 26.4. The maximum Gasteiger partial charge on any atom is 0.258 e. The van der Waals surface area contributed by atoms with Crippen molar-refractivity contribution in [3.63, 3.8) is 0 Å². The molecule has 16 aromatic carbocycles. The minimum absolute atomic E-state index is 0.513. The van der Waals surface area contributed by atoms with Crippen LogP contribution in [-0.4, -0.2) is 20.1 Å². The van der Waals surface area contributed by atoms with Gasteiger partial charge in [-0.15, -0.1) is 0 Å². The van der Waals surface area contributed by atoms with Crippen molar-refractivity contribution in [3.05, 3.63) is 364 Å².